The second-order valence-corrected chi connectivity index (χ2v) is 7.97. The summed E-state index contributed by atoms with van der Waals surface area (Å²) in [6, 6.07) is 6.87. The molecule has 0 atom stereocenters. The highest BCUT2D eigenvalue weighted by atomic mass is 32.2. The number of carbonyl (C=O) groups excluding carboxylic acids is 1. The van der Waals surface area contributed by atoms with Crippen molar-refractivity contribution in [3.05, 3.63) is 56.5 Å². The van der Waals surface area contributed by atoms with Gasteiger partial charge in [0.1, 0.15) is 22.0 Å². The molecule has 0 spiro atoms. The van der Waals surface area contributed by atoms with Crippen molar-refractivity contribution in [3.63, 3.8) is 0 Å². The Bertz CT molecular complexity index is 1230. The molecular weight excluding hydrogens is 392 g/mol. The molecule has 0 bridgehead atoms. The van der Waals surface area contributed by atoms with Crippen molar-refractivity contribution < 1.29 is 9.53 Å². The summed E-state index contributed by atoms with van der Waals surface area (Å²) < 4.78 is 7.52. The fourth-order valence-corrected chi connectivity index (χ4v) is 3.98. The van der Waals surface area contributed by atoms with Gasteiger partial charge in [-0.25, -0.2) is 14.8 Å². The molecule has 0 amide bonds. The van der Waals surface area contributed by atoms with Gasteiger partial charge in [0.25, 0.3) is 5.56 Å². The number of nitrogens with zero attached hydrogens (tertiary/aromatic N) is 4. The highest BCUT2D eigenvalue weighted by Gasteiger charge is 2.29. The van der Waals surface area contributed by atoms with Crippen molar-refractivity contribution in [2.45, 2.75) is 23.8 Å². The molecule has 2 aromatic heterocycles. The summed E-state index contributed by atoms with van der Waals surface area (Å²) in [6.45, 7) is 0. The Morgan fingerprint density at radius 3 is 2.45 bits per heavy atom. The number of benzene rings is 1. The molecule has 1 fully saturated rings. The molecule has 0 saturated heterocycles. The number of rotatable bonds is 6. The third-order valence-electron chi connectivity index (χ3n) is 4.98. The van der Waals surface area contributed by atoms with E-state index in [0.29, 0.717) is 27.8 Å². The van der Waals surface area contributed by atoms with Crippen molar-refractivity contribution >= 4 is 28.6 Å². The molecule has 0 radical (unpaired) electrons. The molecule has 3 aromatic rings. The molecule has 1 aromatic carbocycles. The number of fused-ring (bicyclic) bond motifs is 1. The molecule has 29 heavy (non-hydrogen) atoms. The lowest BCUT2D eigenvalue weighted by molar-refractivity contribution is 0.102. The van der Waals surface area contributed by atoms with Crippen LogP contribution in [0.1, 0.15) is 34.9 Å². The zero-order chi connectivity index (χ0) is 20.7. The van der Waals surface area contributed by atoms with Crippen LogP contribution in [0.5, 0.6) is 5.75 Å². The highest BCUT2D eigenvalue weighted by molar-refractivity contribution is 8.00. The van der Waals surface area contributed by atoms with Gasteiger partial charge in [0.05, 0.1) is 12.9 Å². The van der Waals surface area contributed by atoms with E-state index in [1.54, 1.807) is 38.4 Å². The van der Waals surface area contributed by atoms with E-state index in [9.17, 15) is 14.4 Å². The van der Waals surface area contributed by atoms with Crippen molar-refractivity contribution in [2.75, 3.05) is 12.9 Å². The fourth-order valence-electron chi connectivity index (χ4n) is 3.07. The summed E-state index contributed by atoms with van der Waals surface area (Å²) in [5.41, 5.74) is -0.0215. The SMILES string of the molecule is COc1ccc(C(=O)CSc2nc(C3CC3)nc3c2c(=O)n(C)c(=O)n3C)cc1. The Labute approximate surface area is 170 Å². The fraction of sp³-hybridized carbons (Fsp3) is 0.350. The molecule has 1 aliphatic carbocycles. The zero-order valence-corrected chi connectivity index (χ0v) is 17.2. The molecule has 0 aliphatic heterocycles. The Hall–Kier alpha value is -2.94. The number of methoxy groups -OCH3 is 1. The smallest absolute Gasteiger partial charge is 0.332 e. The standard InChI is InChI=1S/C20H20N4O4S/c1-23-17-15(19(26)24(2)20(23)27)18(22-16(21-17)12-4-5-12)29-10-14(25)11-6-8-13(28-3)9-7-11/h6-9,12H,4-5,10H2,1-3H3. The van der Waals surface area contributed by atoms with Crippen LogP contribution in [0.15, 0.2) is 38.9 Å². The van der Waals surface area contributed by atoms with E-state index in [-0.39, 0.29) is 22.8 Å². The lowest BCUT2D eigenvalue weighted by Gasteiger charge is -2.11. The summed E-state index contributed by atoms with van der Waals surface area (Å²) in [4.78, 5) is 46.8. The van der Waals surface area contributed by atoms with Gasteiger partial charge < -0.3 is 4.74 Å². The third kappa shape index (κ3) is 3.57. The van der Waals surface area contributed by atoms with Gasteiger partial charge in [0, 0.05) is 25.6 Å². The number of hydrogen-bond acceptors (Lipinski definition) is 7. The van der Waals surface area contributed by atoms with Crippen LogP contribution < -0.4 is 16.0 Å². The molecule has 8 nitrogen and oxygen atoms in total. The first-order valence-electron chi connectivity index (χ1n) is 9.18. The number of ether oxygens (including phenoxy) is 1. The maximum absolute atomic E-state index is 12.8. The van der Waals surface area contributed by atoms with Crippen LogP contribution in [0.25, 0.3) is 11.0 Å². The molecule has 0 N–H and O–H groups in total. The van der Waals surface area contributed by atoms with E-state index < -0.39 is 11.2 Å². The molecule has 1 aliphatic rings. The molecule has 4 rings (SSSR count). The number of aryl methyl sites for hydroxylation is 1. The Balaban J connectivity index is 1.73. The minimum Gasteiger partial charge on any atom is -0.497 e. The number of aromatic nitrogens is 4. The second kappa shape index (κ2) is 7.47. The molecule has 0 unspecified atom stereocenters. The monoisotopic (exact) mass is 412 g/mol. The van der Waals surface area contributed by atoms with Crippen LogP contribution in [-0.2, 0) is 14.1 Å². The van der Waals surface area contributed by atoms with E-state index in [0.717, 1.165) is 17.4 Å². The first kappa shape index (κ1) is 19.4. The van der Waals surface area contributed by atoms with Gasteiger partial charge in [0.15, 0.2) is 11.4 Å². The average molecular weight is 412 g/mol. The summed E-state index contributed by atoms with van der Waals surface area (Å²) >= 11 is 1.20. The van der Waals surface area contributed by atoms with Gasteiger partial charge >= 0.3 is 5.69 Å². The number of thioether (sulfide) groups is 1. The second-order valence-electron chi connectivity index (χ2n) is 7.01. The molecular formula is C20H20N4O4S. The van der Waals surface area contributed by atoms with Gasteiger partial charge in [-0.1, -0.05) is 11.8 Å². The van der Waals surface area contributed by atoms with E-state index >= 15 is 0 Å². The van der Waals surface area contributed by atoms with Crippen molar-refractivity contribution in [1.29, 1.82) is 0 Å². The molecule has 1 saturated carbocycles. The van der Waals surface area contributed by atoms with Gasteiger partial charge in [-0.05, 0) is 37.1 Å². The summed E-state index contributed by atoms with van der Waals surface area (Å²) in [5.74, 6) is 1.58. The van der Waals surface area contributed by atoms with E-state index in [2.05, 4.69) is 9.97 Å². The van der Waals surface area contributed by atoms with Crippen LogP contribution in [0, 0.1) is 0 Å². The van der Waals surface area contributed by atoms with E-state index in [4.69, 9.17) is 4.74 Å². The van der Waals surface area contributed by atoms with Crippen molar-refractivity contribution in [1.82, 2.24) is 19.1 Å². The zero-order valence-electron chi connectivity index (χ0n) is 16.3. The number of Topliss-reactive ketones (excluding diaryl/α,β-unsaturated/α-hetero) is 1. The Kier molecular flexibility index (Phi) is 4.99. The maximum atomic E-state index is 12.8. The van der Waals surface area contributed by atoms with Gasteiger partial charge in [-0.2, -0.15) is 0 Å². The van der Waals surface area contributed by atoms with Crippen LogP contribution in [-0.4, -0.2) is 37.7 Å². The van der Waals surface area contributed by atoms with Gasteiger partial charge in [-0.3, -0.25) is 18.7 Å². The minimum absolute atomic E-state index is 0.0842. The predicted octanol–water partition coefficient (Wildman–Crippen LogP) is 1.89. The Morgan fingerprint density at radius 2 is 1.83 bits per heavy atom. The predicted molar refractivity (Wildman–Crippen MR) is 110 cm³/mol. The van der Waals surface area contributed by atoms with E-state index in [1.807, 2.05) is 0 Å². The molecule has 9 heteroatoms. The summed E-state index contributed by atoms with van der Waals surface area (Å²) in [6.07, 6.45) is 1.97. The normalized spacial score (nSPS) is 13.6. The largest absolute Gasteiger partial charge is 0.497 e. The maximum Gasteiger partial charge on any atom is 0.332 e. The number of hydrogen-bond donors (Lipinski definition) is 0. The van der Waals surface area contributed by atoms with Crippen molar-refractivity contribution in [3.8, 4) is 5.75 Å². The van der Waals surface area contributed by atoms with Crippen LogP contribution in [0.3, 0.4) is 0 Å². The van der Waals surface area contributed by atoms with Crippen LogP contribution in [0.2, 0.25) is 0 Å². The van der Waals surface area contributed by atoms with Crippen LogP contribution in [0.4, 0.5) is 0 Å². The number of carbonyl (C=O) groups is 1. The quantitative estimate of drug-likeness (QED) is 0.346. The van der Waals surface area contributed by atoms with Gasteiger partial charge in [-0.15, -0.1) is 0 Å². The average Bonchev–Trinajstić information content (AvgIpc) is 3.59. The molecule has 2 heterocycles. The Morgan fingerprint density at radius 1 is 1.14 bits per heavy atom. The first-order chi connectivity index (χ1) is 13.9. The highest BCUT2D eigenvalue weighted by Crippen LogP contribution is 2.39. The first-order valence-corrected chi connectivity index (χ1v) is 10.2. The topological polar surface area (TPSA) is 96.1 Å². The summed E-state index contributed by atoms with van der Waals surface area (Å²) in [7, 11) is 4.58. The lowest BCUT2D eigenvalue weighted by atomic mass is 10.1. The van der Waals surface area contributed by atoms with Gasteiger partial charge in [0.2, 0.25) is 0 Å². The summed E-state index contributed by atoms with van der Waals surface area (Å²) in [5, 5.41) is 0.710. The lowest BCUT2D eigenvalue weighted by Crippen LogP contribution is -2.37. The van der Waals surface area contributed by atoms with Crippen LogP contribution >= 0.6 is 11.8 Å². The number of ketones is 1. The minimum atomic E-state index is -0.454. The third-order valence-corrected chi connectivity index (χ3v) is 5.95. The molecule has 150 valence electrons. The van der Waals surface area contributed by atoms with Crippen molar-refractivity contribution in [2.24, 2.45) is 14.1 Å². The van der Waals surface area contributed by atoms with E-state index in [1.165, 1.54) is 23.4 Å².